The Morgan fingerprint density at radius 3 is 2.44 bits per heavy atom. The average molecular weight is 864 g/mol. The normalized spacial score (nSPS) is 19.7. The highest BCUT2D eigenvalue weighted by molar-refractivity contribution is 7.92. The number of aryl methyl sites for hydroxylation is 1. The lowest BCUT2D eigenvalue weighted by molar-refractivity contribution is -0.142. The molecule has 22 heteroatoms. The van der Waals surface area contributed by atoms with E-state index in [-0.39, 0.29) is 48.7 Å². The van der Waals surface area contributed by atoms with Crippen LogP contribution < -0.4 is 14.9 Å². The van der Waals surface area contributed by atoms with Crippen LogP contribution in [0.25, 0.3) is 32.4 Å². The van der Waals surface area contributed by atoms with Crippen LogP contribution in [0.2, 0.25) is 0 Å². The van der Waals surface area contributed by atoms with Gasteiger partial charge in [-0.25, -0.2) is 22.2 Å². The number of benzene rings is 2. The van der Waals surface area contributed by atoms with Gasteiger partial charge >= 0.3 is 6.18 Å². The Bertz CT molecular complexity index is 2830. The summed E-state index contributed by atoms with van der Waals surface area (Å²) < 4.78 is 132. The fourth-order valence-corrected chi connectivity index (χ4v) is 9.80. The van der Waals surface area contributed by atoms with Crippen molar-refractivity contribution in [3.8, 4) is 11.1 Å². The summed E-state index contributed by atoms with van der Waals surface area (Å²) in [5.74, 6) is -9.00. The number of carbonyl (C=O) groups is 1. The highest BCUT2D eigenvalue weighted by Gasteiger charge is 2.68. The second-order valence-corrected chi connectivity index (χ2v) is 18.3. The number of halogens is 7. The zero-order chi connectivity index (χ0) is 42.1. The number of aliphatic hydroxyl groups is 1. The predicted molar refractivity (Wildman–Crippen MR) is 201 cm³/mol. The number of amides is 1. The number of pyridine rings is 1. The molecule has 0 radical (unpaired) electrons. The van der Waals surface area contributed by atoms with Gasteiger partial charge in [0.15, 0.2) is 22.3 Å². The van der Waals surface area contributed by atoms with Gasteiger partial charge in [0.1, 0.15) is 23.9 Å². The lowest BCUT2D eigenvalue weighted by Crippen LogP contribution is -2.60. The summed E-state index contributed by atoms with van der Waals surface area (Å²) in [4.78, 5) is 25.4. The summed E-state index contributed by atoms with van der Waals surface area (Å²) in [6.07, 6.45) is -4.61. The van der Waals surface area contributed by atoms with Gasteiger partial charge in [0.25, 0.3) is 5.92 Å². The first-order chi connectivity index (χ1) is 27.6. The fraction of sp³-hybridized carbons (Fsp3) is 0.378. The van der Waals surface area contributed by atoms with Gasteiger partial charge in [0, 0.05) is 41.1 Å². The number of hydrogen-bond acceptors (Lipinski definition) is 10. The van der Waals surface area contributed by atoms with E-state index in [9.17, 15) is 40.3 Å². The van der Waals surface area contributed by atoms with Crippen LogP contribution in [0.1, 0.15) is 53.5 Å². The van der Waals surface area contributed by atoms with Crippen molar-refractivity contribution in [1.29, 1.82) is 0 Å². The number of aromatic nitrogens is 6. The van der Waals surface area contributed by atoms with Crippen molar-refractivity contribution in [2.24, 2.45) is 13.0 Å². The topological polar surface area (TPSA) is 160 Å². The molecular weight excluding hydrogens is 832 g/mol. The maximum atomic E-state index is 15.4. The van der Waals surface area contributed by atoms with Gasteiger partial charge in [0.2, 0.25) is 15.9 Å². The quantitative estimate of drug-likeness (QED) is 0.141. The van der Waals surface area contributed by atoms with Gasteiger partial charge in [-0.15, -0.1) is 0 Å². The van der Waals surface area contributed by atoms with E-state index in [0.29, 0.717) is 42.6 Å². The van der Waals surface area contributed by atoms with E-state index in [4.69, 9.17) is 4.98 Å². The first kappa shape index (κ1) is 39.1. The van der Waals surface area contributed by atoms with E-state index in [2.05, 4.69) is 25.2 Å². The van der Waals surface area contributed by atoms with Crippen molar-refractivity contribution in [2.75, 3.05) is 29.0 Å². The molecular formula is C37H32F7N9O4S2. The molecule has 0 spiro atoms. The van der Waals surface area contributed by atoms with Crippen molar-refractivity contribution in [1.82, 2.24) is 34.8 Å². The molecule has 0 unspecified atom stereocenters. The number of β-amino-alcohol motifs (C(OH)–C–C–N with tert-alkyl or cyclic N) is 1. The van der Waals surface area contributed by atoms with Crippen LogP contribution in [0.3, 0.4) is 0 Å². The van der Waals surface area contributed by atoms with Crippen LogP contribution in [0.4, 0.5) is 41.7 Å². The summed E-state index contributed by atoms with van der Waals surface area (Å²) in [6, 6.07) is 7.97. The molecule has 5 heterocycles. The molecule has 4 aromatic heterocycles. The highest BCUT2D eigenvalue weighted by Crippen LogP contribution is 2.68. The van der Waals surface area contributed by atoms with E-state index in [0.717, 1.165) is 18.4 Å². The summed E-state index contributed by atoms with van der Waals surface area (Å²) >= 11 is 1.24. The van der Waals surface area contributed by atoms with Crippen molar-refractivity contribution in [3.05, 3.63) is 82.3 Å². The molecule has 13 nitrogen and oxygen atoms in total. The van der Waals surface area contributed by atoms with E-state index in [1.54, 1.807) is 38.2 Å². The van der Waals surface area contributed by atoms with Crippen molar-refractivity contribution in [3.63, 3.8) is 0 Å². The van der Waals surface area contributed by atoms with Gasteiger partial charge in [-0.1, -0.05) is 23.5 Å². The van der Waals surface area contributed by atoms with Gasteiger partial charge in [-0.2, -0.15) is 37.1 Å². The van der Waals surface area contributed by atoms with Crippen molar-refractivity contribution < 1.29 is 49.1 Å². The fourth-order valence-electron chi connectivity index (χ4n) is 8.35. The number of hydrogen-bond donors (Lipinski definition) is 3. The molecule has 1 saturated heterocycles. The molecule has 310 valence electrons. The first-order valence-corrected chi connectivity index (χ1v) is 20.8. The number of sulfonamides is 1. The van der Waals surface area contributed by atoms with E-state index in [1.807, 2.05) is 4.90 Å². The number of fused-ring (bicyclic) bond motifs is 5. The Kier molecular flexibility index (Phi) is 8.67. The molecule has 3 N–H and O–H groups in total. The Labute approximate surface area is 333 Å². The molecule has 2 aliphatic carbocycles. The molecule has 3 atom stereocenters. The molecule has 3 aliphatic rings. The van der Waals surface area contributed by atoms with Crippen molar-refractivity contribution >= 4 is 59.5 Å². The van der Waals surface area contributed by atoms with Crippen molar-refractivity contribution in [2.45, 2.75) is 56.0 Å². The maximum Gasteiger partial charge on any atom is 0.435 e. The highest BCUT2D eigenvalue weighted by atomic mass is 32.2. The van der Waals surface area contributed by atoms with E-state index in [1.165, 1.54) is 16.0 Å². The first-order valence-electron chi connectivity index (χ1n) is 18.1. The minimum atomic E-state index is -5.07. The number of rotatable bonds is 10. The van der Waals surface area contributed by atoms with Gasteiger partial charge < -0.3 is 15.3 Å². The third kappa shape index (κ3) is 6.93. The molecule has 1 aliphatic heterocycles. The standard InChI is InChI=1S/C37H32F7N9O4S2/c1-35(55)14-52(15-35)34-47-33-25(58-34)12-21(19-5-4-6-20-29(19)51(2)49-32(20)50-59(3,56)57)28(46-33)24(9-16-7-17(38)10-18(39)8-16)45-26(54)13-53-31-27(30(48-53)37(42,43)44)22-11-23(22)36(31,40)41/h4-8,10,12,22-24,55H,9,11,13-15H2,1-3H3,(H,45,54)(H,49,50)/t22-,23+,24-/m0/s1. The predicted octanol–water partition coefficient (Wildman–Crippen LogP) is 5.99. The zero-order valence-electron chi connectivity index (χ0n) is 31.1. The number of nitrogens with zero attached hydrogens (tertiary/aromatic N) is 7. The molecule has 2 aromatic carbocycles. The summed E-state index contributed by atoms with van der Waals surface area (Å²) in [5.41, 5.74) is -2.65. The third-order valence-corrected chi connectivity index (χ3v) is 12.3. The third-order valence-electron chi connectivity index (χ3n) is 10.7. The monoisotopic (exact) mass is 863 g/mol. The Morgan fingerprint density at radius 1 is 1.07 bits per heavy atom. The second-order valence-electron chi connectivity index (χ2n) is 15.6. The van der Waals surface area contributed by atoms with Crippen LogP contribution in [0, 0.1) is 17.6 Å². The smallest absolute Gasteiger partial charge is 0.386 e. The Morgan fingerprint density at radius 2 is 1.78 bits per heavy atom. The van der Waals surface area contributed by atoms with Crippen LogP contribution >= 0.6 is 11.3 Å². The molecule has 2 fully saturated rings. The summed E-state index contributed by atoms with van der Waals surface area (Å²) in [5, 5.41) is 21.8. The largest absolute Gasteiger partial charge is 0.435 e. The minimum absolute atomic E-state index is 0.00635. The summed E-state index contributed by atoms with van der Waals surface area (Å²) in [7, 11) is -2.22. The average Bonchev–Trinajstić information content (AvgIpc) is 3.37. The number of carbonyl (C=O) groups excluding carboxylic acids is 1. The summed E-state index contributed by atoms with van der Waals surface area (Å²) in [6.45, 7) is 1.15. The van der Waals surface area contributed by atoms with Gasteiger partial charge in [0.05, 0.1) is 46.9 Å². The molecule has 1 saturated carbocycles. The second kappa shape index (κ2) is 13.1. The van der Waals surface area contributed by atoms with Crippen LogP contribution in [-0.4, -0.2) is 73.9 Å². The van der Waals surface area contributed by atoms with E-state index >= 15 is 8.78 Å². The zero-order valence-corrected chi connectivity index (χ0v) is 32.7. The van der Waals surface area contributed by atoms with E-state index < -0.39 is 86.6 Å². The van der Waals surface area contributed by atoms with Crippen LogP contribution in [-0.2, 0) is 46.9 Å². The molecule has 1 amide bonds. The number of thiazole rings is 1. The van der Waals surface area contributed by atoms with Gasteiger partial charge in [-0.05, 0) is 55.5 Å². The molecule has 6 aromatic rings. The molecule has 0 bridgehead atoms. The van der Waals surface area contributed by atoms with Crippen LogP contribution in [0.5, 0.6) is 0 Å². The SMILES string of the molecule is Cn1nc(NS(C)(=O)=O)c2cccc(-c3cc4sc(N5CC(C)(O)C5)nc4nc3[C@H](Cc3cc(F)cc(F)c3)NC(=O)Cn3nc(C(F)(F)F)c4c3C(F)(F)[C@@H]3C[C@H]43)c21. The number of anilines is 2. The molecule has 9 rings (SSSR count). The number of para-hydroxylation sites is 1. The Hall–Kier alpha value is -5.35. The molecule has 59 heavy (non-hydrogen) atoms. The van der Waals surface area contributed by atoms with Gasteiger partial charge in [-0.3, -0.25) is 18.9 Å². The van der Waals surface area contributed by atoms with Crippen LogP contribution in [0.15, 0.2) is 42.5 Å². The lowest BCUT2D eigenvalue weighted by Gasteiger charge is -2.43. The number of nitrogens with one attached hydrogen (secondary N) is 2. The lowest BCUT2D eigenvalue weighted by atomic mass is 9.94. The number of alkyl halides is 5. The maximum absolute atomic E-state index is 15.4. The minimum Gasteiger partial charge on any atom is -0.386 e. The Balaban J connectivity index is 1.19.